The summed E-state index contributed by atoms with van der Waals surface area (Å²) in [5, 5.41) is 13.8. The van der Waals surface area contributed by atoms with E-state index in [-0.39, 0.29) is 0 Å². The maximum atomic E-state index is 10.6. The van der Waals surface area contributed by atoms with Crippen molar-refractivity contribution in [1.82, 2.24) is 10.3 Å². The fourth-order valence-corrected chi connectivity index (χ4v) is 2.83. The molecule has 21 heavy (non-hydrogen) atoms. The molecule has 2 N–H and O–H groups in total. The maximum Gasteiger partial charge on any atom is 0.0865 e. The van der Waals surface area contributed by atoms with Crippen LogP contribution in [0.3, 0.4) is 0 Å². The number of rotatable bonds is 6. The number of hydrogen-bond donors (Lipinski definition) is 2. The summed E-state index contributed by atoms with van der Waals surface area (Å²) < 4.78 is 5.32. The summed E-state index contributed by atoms with van der Waals surface area (Å²) in [5.41, 5.74) is 1.44. The first-order chi connectivity index (χ1) is 10.1. The Morgan fingerprint density at radius 1 is 1.43 bits per heavy atom. The molecule has 1 aliphatic heterocycles. The molecule has 0 aliphatic carbocycles. The molecule has 1 atom stereocenters. The zero-order valence-corrected chi connectivity index (χ0v) is 13.3. The fourth-order valence-electron chi connectivity index (χ4n) is 2.83. The van der Waals surface area contributed by atoms with Gasteiger partial charge in [0.2, 0.25) is 0 Å². The van der Waals surface area contributed by atoms with Gasteiger partial charge in [-0.15, -0.1) is 0 Å². The average molecular weight is 293 g/mol. The molecule has 0 aromatic carbocycles. The van der Waals surface area contributed by atoms with Crippen LogP contribution in [-0.4, -0.2) is 49.5 Å². The maximum absolute atomic E-state index is 10.6. The summed E-state index contributed by atoms with van der Waals surface area (Å²) in [7, 11) is 3.95. The summed E-state index contributed by atoms with van der Waals surface area (Å²) in [6.45, 7) is 4.04. The molecule has 1 fully saturated rings. The average Bonchev–Trinajstić information content (AvgIpc) is 2.49. The van der Waals surface area contributed by atoms with Crippen molar-refractivity contribution < 1.29 is 9.84 Å². The van der Waals surface area contributed by atoms with E-state index in [9.17, 15) is 5.11 Å². The molecule has 1 aliphatic rings. The van der Waals surface area contributed by atoms with Gasteiger partial charge in [0.1, 0.15) is 0 Å². The van der Waals surface area contributed by atoms with Crippen LogP contribution in [0.5, 0.6) is 0 Å². The van der Waals surface area contributed by atoms with E-state index in [2.05, 4.69) is 34.3 Å². The first kappa shape index (κ1) is 16.2. The van der Waals surface area contributed by atoms with Gasteiger partial charge in [0.25, 0.3) is 0 Å². The van der Waals surface area contributed by atoms with Gasteiger partial charge in [0.15, 0.2) is 0 Å². The highest BCUT2D eigenvalue weighted by Crippen LogP contribution is 2.24. The number of aliphatic hydroxyl groups is 1. The van der Waals surface area contributed by atoms with Crippen molar-refractivity contribution >= 4 is 5.69 Å². The van der Waals surface area contributed by atoms with Gasteiger partial charge in [-0.1, -0.05) is 6.92 Å². The van der Waals surface area contributed by atoms with Crippen LogP contribution in [0.15, 0.2) is 18.3 Å². The minimum absolute atomic E-state index is 0.295. The van der Waals surface area contributed by atoms with E-state index < -0.39 is 5.60 Å². The minimum Gasteiger partial charge on any atom is -0.388 e. The van der Waals surface area contributed by atoms with E-state index in [1.807, 2.05) is 20.3 Å². The molecular formula is C16H27N3O2. The molecule has 0 saturated carbocycles. The van der Waals surface area contributed by atoms with Crippen LogP contribution in [0.2, 0.25) is 0 Å². The second kappa shape index (κ2) is 7.20. The number of nitrogens with one attached hydrogen (secondary N) is 1. The Labute approximate surface area is 127 Å². The lowest BCUT2D eigenvalue weighted by Crippen LogP contribution is -2.45. The zero-order valence-electron chi connectivity index (χ0n) is 13.3. The SMILES string of the molecule is CCC(NC)c1ccc(N(C)CC2(O)CCOCC2)cn1. The van der Waals surface area contributed by atoms with Crippen LogP contribution in [0.1, 0.15) is 37.9 Å². The summed E-state index contributed by atoms with van der Waals surface area (Å²) in [6, 6.07) is 4.43. The standard InChI is InChI=1S/C16H27N3O2/c1-4-14(17-2)15-6-5-13(11-18-15)19(3)12-16(20)7-9-21-10-8-16/h5-6,11,14,17,20H,4,7-10,12H2,1-3H3. The summed E-state index contributed by atoms with van der Waals surface area (Å²) in [4.78, 5) is 6.62. The number of nitrogens with zero attached hydrogens (tertiary/aromatic N) is 2. The first-order valence-corrected chi connectivity index (χ1v) is 7.72. The van der Waals surface area contributed by atoms with E-state index in [4.69, 9.17) is 4.74 Å². The highest BCUT2D eigenvalue weighted by molar-refractivity contribution is 5.44. The molecule has 0 bridgehead atoms. The first-order valence-electron chi connectivity index (χ1n) is 7.72. The predicted molar refractivity (Wildman–Crippen MR) is 84.6 cm³/mol. The van der Waals surface area contributed by atoms with Gasteiger partial charge in [-0.3, -0.25) is 4.98 Å². The van der Waals surface area contributed by atoms with E-state index in [0.717, 1.165) is 17.8 Å². The number of anilines is 1. The molecular weight excluding hydrogens is 266 g/mol. The van der Waals surface area contributed by atoms with Gasteiger partial charge < -0.3 is 20.1 Å². The van der Waals surface area contributed by atoms with Crippen LogP contribution in [-0.2, 0) is 4.74 Å². The normalized spacial score (nSPS) is 19.2. The van der Waals surface area contributed by atoms with Crippen LogP contribution in [0.4, 0.5) is 5.69 Å². The molecule has 0 spiro atoms. The largest absolute Gasteiger partial charge is 0.388 e. The van der Waals surface area contributed by atoms with Crippen molar-refractivity contribution in [2.75, 3.05) is 38.8 Å². The second-order valence-corrected chi connectivity index (χ2v) is 5.88. The van der Waals surface area contributed by atoms with Crippen molar-refractivity contribution in [3.63, 3.8) is 0 Å². The molecule has 1 aromatic heterocycles. The lowest BCUT2D eigenvalue weighted by molar-refractivity contribution is -0.0572. The Hall–Kier alpha value is -1.17. The molecule has 118 valence electrons. The van der Waals surface area contributed by atoms with Crippen molar-refractivity contribution in [2.45, 2.75) is 37.8 Å². The molecule has 1 saturated heterocycles. The number of likely N-dealkylation sites (N-methyl/N-ethyl adjacent to an activating group) is 1. The number of hydrogen-bond acceptors (Lipinski definition) is 5. The fraction of sp³-hybridized carbons (Fsp3) is 0.688. The van der Waals surface area contributed by atoms with Gasteiger partial charge in [0, 0.05) is 45.7 Å². The smallest absolute Gasteiger partial charge is 0.0865 e. The number of aromatic nitrogens is 1. The third-order valence-electron chi connectivity index (χ3n) is 4.28. The molecule has 2 rings (SSSR count). The van der Waals surface area contributed by atoms with E-state index in [0.29, 0.717) is 38.6 Å². The van der Waals surface area contributed by atoms with E-state index >= 15 is 0 Å². The van der Waals surface area contributed by atoms with Gasteiger partial charge in [0.05, 0.1) is 23.2 Å². The molecule has 1 unspecified atom stereocenters. The van der Waals surface area contributed by atoms with Crippen LogP contribution in [0, 0.1) is 0 Å². The molecule has 2 heterocycles. The van der Waals surface area contributed by atoms with Crippen molar-refractivity contribution in [1.29, 1.82) is 0 Å². The Bertz CT molecular complexity index is 426. The van der Waals surface area contributed by atoms with Crippen molar-refractivity contribution in [3.05, 3.63) is 24.0 Å². The van der Waals surface area contributed by atoms with Gasteiger partial charge in [-0.05, 0) is 25.6 Å². The summed E-state index contributed by atoms with van der Waals surface area (Å²) in [5.74, 6) is 0. The molecule has 1 aromatic rings. The zero-order chi connectivity index (χ0) is 15.3. The lowest BCUT2D eigenvalue weighted by atomic mass is 9.94. The van der Waals surface area contributed by atoms with Gasteiger partial charge in [-0.25, -0.2) is 0 Å². The number of ether oxygens (including phenoxy) is 1. The van der Waals surface area contributed by atoms with Crippen LogP contribution < -0.4 is 10.2 Å². The van der Waals surface area contributed by atoms with Gasteiger partial charge in [-0.2, -0.15) is 0 Å². The predicted octanol–water partition coefficient (Wildman–Crippen LogP) is 1.73. The van der Waals surface area contributed by atoms with E-state index in [1.165, 1.54) is 0 Å². The Balaban J connectivity index is 2.00. The van der Waals surface area contributed by atoms with Gasteiger partial charge >= 0.3 is 0 Å². The Morgan fingerprint density at radius 2 is 2.14 bits per heavy atom. The topological polar surface area (TPSA) is 57.6 Å². The Morgan fingerprint density at radius 3 is 2.67 bits per heavy atom. The minimum atomic E-state index is -0.650. The van der Waals surface area contributed by atoms with Crippen molar-refractivity contribution in [2.24, 2.45) is 0 Å². The lowest BCUT2D eigenvalue weighted by Gasteiger charge is -2.36. The quantitative estimate of drug-likeness (QED) is 0.836. The highest BCUT2D eigenvalue weighted by Gasteiger charge is 2.31. The third-order valence-corrected chi connectivity index (χ3v) is 4.28. The summed E-state index contributed by atoms with van der Waals surface area (Å²) >= 11 is 0. The van der Waals surface area contributed by atoms with Crippen LogP contribution >= 0.6 is 0 Å². The van der Waals surface area contributed by atoms with Crippen molar-refractivity contribution in [3.8, 4) is 0 Å². The Kier molecular flexibility index (Phi) is 5.56. The monoisotopic (exact) mass is 293 g/mol. The molecule has 5 heteroatoms. The highest BCUT2D eigenvalue weighted by atomic mass is 16.5. The van der Waals surface area contributed by atoms with E-state index in [1.54, 1.807) is 0 Å². The molecule has 0 amide bonds. The van der Waals surface area contributed by atoms with Crippen LogP contribution in [0.25, 0.3) is 0 Å². The third kappa shape index (κ3) is 4.15. The molecule has 5 nitrogen and oxygen atoms in total. The molecule has 0 radical (unpaired) electrons. The summed E-state index contributed by atoms with van der Waals surface area (Å²) in [6.07, 6.45) is 4.29. The number of pyridine rings is 1. The second-order valence-electron chi connectivity index (χ2n) is 5.88.